The van der Waals surface area contributed by atoms with Crippen LogP contribution in [-0.2, 0) is 0 Å². The van der Waals surface area contributed by atoms with E-state index in [9.17, 15) is 0 Å². The predicted octanol–water partition coefficient (Wildman–Crippen LogP) is 1.41. The van der Waals surface area contributed by atoms with E-state index in [4.69, 9.17) is 0 Å². The number of hydrogen-bond donors (Lipinski definition) is 2. The second kappa shape index (κ2) is 5.11. The summed E-state index contributed by atoms with van der Waals surface area (Å²) in [5, 5.41) is 9.41. The zero-order valence-corrected chi connectivity index (χ0v) is 8.32. The molecule has 0 spiro atoms. The van der Waals surface area contributed by atoms with Crippen LogP contribution in [0, 0.1) is 5.92 Å². The molecule has 3 nitrogen and oxygen atoms in total. The number of nitrogens with one attached hydrogen (secondary N) is 2. The summed E-state index contributed by atoms with van der Waals surface area (Å²) in [6.07, 6.45) is 1.82. The fourth-order valence-corrected chi connectivity index (χ4v) is 1.53. The third-order valence-electron chi connectivity index (χ3n) is 1.59. The van der Waals surface area contributed by atoms with E-state index in [-0.39, 0.29) is 0 Å². The first kappa shape index (κ1) is 9.48. The van der Waals surface area contributed by atoms with Gasteiger partial charge in [-0.1, -0.05) is 6.92 Å². The number of thiazole rings is 1. The van der Waals surface area contributed by atoms with Crippen molar-refractivity contribution in [2.75, 3.05) is 25.5 Å². The molecule has 0 saturated carbocycles. The minimum atomic E-state index is 0.638. The molecule has 1 atom stereocenters. The summed E-state index contributed by atoms with van der Waals surface area (Å²) in [4.78, 5) is 4.14. The van der Waals surface area contributed by atoms with Crippen molar-refractivity contribution in [2.45, 2.75) is 6.92 Å². The monoisotopic (exact) mass is 185 g/mol. The zero-order valence-electron chi connectivity index (χ0n) is 7.50. The van der Waals surface area contributed by atoms with Gasteiger partial charge in [0.15, 0.2) is 5.13 Å². The highest BCUT2D eigenvalue weighted by Crippen LogP contribution is 2.10. The first-order valence-electron chi connectivity index (χ1n) is 4.11. The first-order valence-corrected chi connectivity index (χ1v) is 4.99. The van der Waals surface area contributed by atoms with Crippen molar-refractivity contribution in [3.63, 3.8) is 0 Å². The van der Waals surface area contributed by atoms with Gasteiger partial charge in [-0.3, -0.25) is 0 Å². The third-order valence-corrected chi connectivity index (χ3v) is 2.32. The second-order valence-corrected chi connectivity index (χ2v) is 3.78. The molecule has 0 bridgehead atoms. The lowest BCUT2D eigenvalue weighted by Crippen LogP contribution is -2.22. The van der Waals surface area contributed by atoms with Crippen molar-refractivity contribution in [3.05, 3.63) is 11.6 Å². The molecule has 2 N–H and O–H groups in total. The van der Waals surface area contributed by atoms with Crippen molar-refractivity contribution >= 4 is 16.5 Å². The smallest absolute Gasteiger partial charge is 0.182 e. The van der Waals surface area contributed by atoms with Gasteiger partial charge in [-0.15, -0.1) is 11.3 Å². The van der Waals surface area contributed by atoms with E-state index >= 15 is 0 Å². The Kier molecular flexibility index (Phi) is 4.04. The molecule has 0 aliphatic rings. The highest BCUT2D eigenvalue weighted by atomic mass is 32.1. The quantitative estimate of drug-likeness (QED) is 0.728. The molecule has 0 fully saturated rings. The Hall–Kier alpha value is -0.610. The molecule has 0 aliphatic heterocycles. The Morgan fingerprint density at radius 1 is 1.58 bits per heavy atom. The number of rotatable bonds is 5. The Bertz CT molecular complexity index is 198. The zero-order chi connectivity index (χ0) is 8.81. The highest BCUT2D eigenvalue weighted by molar-refractivity contribution is 7.13. The molecule has 1 aromatic rings. The average molecular weight is 185 g/mol. The number of hydrogen-bond acceptors (Lipinski definition) is 4. The van der Waals surface area contributed by atoms with E-state index < -0.39 is 0 Å². The predicted molar refractivity (Wildman–Crippen MR) is 53.7 cm³/mol. The van der Waals surface area contributed by atoms with Gasteiger partial charge in [-0.25, -0.2) is 4.98 Å². The molecular weight excluding hydrogens is 170 g/mol. The lowest BCUT2D eigenvalue weighted by atomic mass is 10.2. The fraction of sp³-hybridized carbons (Fsp3) is 0.625. The minimum absolute atomic E-state index is 0.638. The summed E-state index contributed by atoms with van der Waals surface area (Å²) < 4.78 is 0. The minimum Gasteiger partial charge on any atom is -0.361 e. The molecule has 4 heteroatoms. The van der Waals surface area contributed by atoms with E-state index in [2.05, 4.69) is 22.5 Å². The van der Waals surface area contributed by atoms with Crippen LogP contribution in [0.4, 0.5) is 5.13 Å². The summed E-state index contributed by atoms with van der Waals surface area (Å²) >= 11 is 1.64. The third kappa shape index (κ3) is 3.19. The molecule has 0 aromatic carbocycles. The van der Waals surface area contributed by atoms with E-state index in [1.807, 2.05) is 18.6 Å². The topological polar surface area (TPSA) is 37.0 Å². The lowest BCUT2D eigenvalue weighted by Gasteiger charge is -2.10. The Morgan fingerprint density at radius 3 is 3.00 bits per heavy atom. The maximum absolute atomic E-state index is 4.14. The average Bonchev–Trinajstić information content (AvgIpc) is 2.53. The maximum Gasteiger partial charge on any atom is 0.182 e. The van der Waals surface area contributed by atoms with E-state index in [1.54, 1.807) is 11.3 Å². The van der Waals surface area contributed by atoms with Crippen LogP contribution in [0.1, 0.15) is 6.92 Å². The maximum atomic E-state index is 4.14. The Labute approximate surface area is 77.2 Å². The molecule has 68 valence electrons. The van der Waals surface area contributed by atoms with Crippen LogP contribution in [-0.4, -0.2) is 25.1 Å². The van der Waals surface area contributed by atoms with Crippen LogP contribution < -0.4 is 10.6 Å². The summed E-state index contributed by atoms with van der Waals surface area (Å²) in [6, 6.07) is 0. The fourth-order valence-electron chi connectivity index (χ4n) is 0.993. The molecule has 0 radical (unpaired) electrons. The van der Waals surface area contributed by atoms with Crippen molar-refractivity contribution in [3.8, 4) is 0 Å². The Morgan fingerprint density at radius 2 is 2.42 bits per heavy atom. The molecule has 1 rings (SSSR count). The van der Waals surface area contributed by atoms with Crippen molar-refractivity contribution < 1.29 is 0 Å². The molecule has 12 heavy (non-hydrogen) atoms. The van der Waals surface area contributed by atoms with Gasteiger partial charge in [0.1, 0.15) is 0 Å². The molecule has 0 aliphatic carbocycles. The standard InChI is InChI=1S/C8H15N3S/c1-7(5-9-2)6-11-8-10-3-4-12-8/h3-4,7,9H,5-6H2,1-2H3,(H,10,11). The molecular formula is C8H15N3S. The van der Waals surface area contributed by atoms with Gasteiger partial charge in [0.25, 0.3) is 0 Å². The summed E-state index contributed by atoms with van der Waals surface area (Å²) in [5.74, 6) is 0.638. The van der Waals surface area contributed by atoms with Gasteiger partial charge < -0.3 is 10.6 Å². The van der Waals surface area contributed by atoms with E-state index in [1.165, 1.54) is 0 Å². The van der Waals surface area contributed by atoms with Crippen LogP contribution in [0.25, 0.3) is 0 Å². The molecule has 1 heterocycles. The number of aromatic nitrogens is 1. The normalized spacial score (nSPS) is 12.8. The highest BCUT2D eigenvalue weighted by Gasteiger charge is 2.00. The van der Waals surface area contributed by atoms with E-state index in [0.717, 1.165) is 18.2 Å². The molecule has 0 amide bonds. The largest absolute Gasteiger partial charge is 0.361 e. The molecule has 1 unspecified atom stereocenters. The van der Waals surface area contributed by atoms with Gasteiger partial charge >= 0.3 is 0 Å². The summed E-state index contributed by atoms with van der Waals surface area (Å²) in [5.41, 5.74) is 0. The lowest BCUT2D eigenvalue weighted by molar-refractivity contribution is 0.569. The van der Waals surface area contributed by atoms with Gasteiger partial charge in [0, 0.05) is 18.1 Å². The van der Waals surface area contributed by atoms with Gasteiger partial charge in [0.2, 0.25) is 0 Å². The van der Waals surface area contributed by atoms with Crippen molar-refractivity contribution in [1.82, 2.24) is 10.3 Å². The SMILES string of the molecule is CNCC(C)CNc1nccs1. The molecule has 0 saturated heterocycles. The summed E-state index contributed by atoms with van der Waals surface area (Å²) in [7, 11) is 1.97. The van der Waals surface area contributed by atoms with Crippen LogP contribution in [0.5, 0.6) is 0 Å². The van der Waals surface area contributed by atoms with Crippen molar-refractivity contribution in [2.24, 2.45) is 5.92 Å². The van der Waals surface area contributed by atoms with Crippen LogP contribution in [0.2, 0.25) is 0 Å². The second-order valence-electron chi connectivity index (χ2n) is 2.88. The van der Waals surface area contributed by atoms with Crippen LogP contribution in [0.15, 0.2) is 11.6 Å². The van der Waals surface area contributed by atoms with Gasteiger partial charge in [-0.05, 0) is 19.5 Å². The van der Waals surface area contributed by atoms with Gasteiger partial charge in [0.05, 0.1) is 0 Å². The van der Waals surface area contributed by atoms with Crippen molar-refractivity contribution in [1.29, 1.82) is 0 Å². The first-order chi connectivity index (χ1) is 5.83. The number of nitrogens with zero attached hydrogens (tertiary/aromatic N) is 1. The van der Waals surface area contributed by atoms with Crippen LogP contribution >= 0.6 is 11.3 Å². The molecule has 1 aromatic heterocycles. The Balaban J connectivity index is 2.17. The van der Waals surface area contributed by atoms with Crippen LogP contribution in [0.3, 0.4) is 0 Å². The van der Waals surface area contributed by atoms with E-state index in [0.29, 0.717) is 5.92 Å². The summed E-state index contributed by atoms with van der Waals surface area (Å²) in [6.45, 7) is 4.23. The number of anilines is 1. The van der Waals surface area contributed by atoms with Gasteiger partial charge in [-0.2, -0.15) is 0 Å².